The first-order valence-electron chi connectivity index (χ1n) is 9.08. The first-order valence-corrected chi connectivity index (χ1v) is 9.08. The molecule has 0 unspecified atom stereocenters. The molecule has 0 bridgehead atoms. The summed E-state index contributed by atoms with van der Waals surface area (Å²) in [7, 11) is 1.98. The van der Waals surface area contributed by atoms with Gasteiger partial charge in [-0.3, -0.25) is 4.68 Å². The van der Waals surface area contributed by atoms with E-state index in [4.69, 9.17) is 4.99 Å². The molecular formula is C21H27N5. The molecule has 3 rings (SSSR count). The van der Waals surface area contributed by atoms with E-state index in [-0.39, 0.29) is 0 Å². The number of hydrogen-bond donors (Lipinski definition) is 2. The van der Waals surface area contributed by atoms with Gasteiger partial charge in [0.1, 0.15) is 0 Å². The number of rotatable bonds is 5. The lowest BCUT2D eigenvalue weighted by Crippen LogP contribution is -2.37. The summed E-state index contributed by atoms with van der Waals surface area (Å²) in [6.45, 7) is 8.40. The topological polar surface area (TPSA) is 54.2 Å². The summed E-state index contributed by atoms with van der Waals surface area (Å²) >= 11 is 0. The Balaban J connectivity index is 1.76. The lowest BCUT2D eigenvalue weighted by molar-refractivity contribution is 0.728. The Morgan fingerprint density at radius 3 is 2.58 bits per heavy atom. The Hall–Kier alpha value is -2.82. The molecule has 1 heterocycles. The van der Waals surface area contributed by atoms with Crippen molar-refractivity contribution >= 4 is 16.7 Å². The molecule has 5 nitrogen and oxygen atoms in total. The number of aliphatic imine (C=N–C) groups is 1. The second kappa shape index (κ2) is 8.04. The van der Waals surface area contributed by atoms with Crippen molar-refractivity contribution in [2.24, 2.45) is 12.0 Å². The molecule has 0 fully saturated rings. The van der Waals surface area contributed by atoms with Crippen LogP contribution in [0.3, 0.4) is 0 Å². The van der Waals surface area contributed by atoms with E-state index in [0.717, 1.165) is 18.2 Å². The fourth-order valence-electron chi connectivity index (χ4n) is 3.18. The maximum atomic E-state index is 4.78. The minimum Gasteiger partial charge on any atom is -0.357 e. The van der Waals surface area contributed by atoms with Gasteiger partial charge in [0.15, 0.2) is 5.96 Å². The SMILES string of the molecule is CCNC(=NCc1cccc2ccccc12)NCc1c(C)nn(C)c1C. The normalized spacial score (nSPS) is 11.8. The van der Waals surface area contributed by atoms with Crippen LogP contribution in [0.25, 0.3) is 10.8 Å². The third kappa shape index (κ3) is 3.87. The van der Waals surface area contributed by atoms with E-state index in [1.54, 1.807) is 0 Å². The minimum absolute atomic E-state index is 0.641. The Labute approximate surface area is 155 Å². The zero-order valence-corrected chi connectivity index (χ0v) is 16.0. The molecule has 136 valence electrons. The molecule has 0 saturated heterocycles. The van der Waals surface area contributed by atoms with Gasteiger partial charge in [-0.1, -0.05) is 42.5 Å². The van der Waals surface area contributed by atoms with E-state index in [1.165, 1.54) is 27.6 Å². The standard InChI is InChI=1S/C21H27N5/c1-5-22-21(24-14-20-15(2)25-26(4)16(20)3)23-13-18-11-8-10-17-9-6-7-12-19(17)18/h6-12H,5,13-14H2,1-4H3,(H2,22,23,24). The highest BCUT2D eigenvalue weighted by molar-refractivity contribution is 5.86. The van der Waals surface area contributed by atoms with Gasteiger partial charge in [0.25, 0.3) is 0 Å². The van der Waals surface area contributed by atoms with Crippen molar-refractivity contribution in [3.05, 3.63) is 65.0 Å². The summed E-state index contributed by atoms with van der Waals surface area (Å²) in [4.78, 5) is 4.78. The first kappa shape index (κ1) is 18.0. The fraction of sp³-hybridized carbons (Fsp3) is 0.333. The van der Waals surface area contributed by atoms with Crippen LogP contribution in [0.2, 0.25) is 0 Å². The molecule has 0 aliphatic rings. The molecule has 5 heteroatoms. The van der Waals surface area contributed by atoms with Crippen LogP contribution in [0.15, 0.2) is 47.5 Å². The molecule has 0 aliphatic heterocycles. The highest BCUT2D eigenvalue weighted by Crippen LogP contribution is 2.19. The molecular weight excluding hydrogens is 322 g/mol. The third-order valence-corrected chi connectivity index (χ3v) is 4.72. The monoisotopic (exact) mass is 349 g/mol. The number of fused-ring (bicyclic) bond motifs is 1. The summed E-state index contributed by atoms with van der Waals surface area (Å²) in [6, 6.07) is 14.8. The molecule has 1 aromatic heterocycles. The van der Waals surface area contributed by atoms with Crippen molar-refractivity contribution in [2.75, 3.05) is 6.54 Å². The third-order valence-electron chi connectivity index (χ3n) is 4.72. The summed E-state index contributed by atoms with van der Waals surface area (Å²) in [5, 5.41) is 13.8. The molecule has 0 aliphatic carbocycles. The van der Waals surface area contributed by atoms with Gasteiger partial charge in [-0.2, -0.15) is 5.10 Å². The quantitative estimate of drug-likeness (QED) is 0.548. The number of aromatic nitrogens is 2. The number of benzene rings is 2. The van der Waals surface area contributed by atoms with Gasteiger partial charge < -0.3 is 10.6 Å². The number of hydrogen-bond acceptors (Lipinski definition) is 2. The van der Waals surface area contributed by atoms with Crippen LogP contribution in [0.5, 0.6) is 0 Å². The van der Waals surface area contributed by atoms with Gasteiger partial charge in [0.05, 0.1) is 12.2 Å². The second-order valence-electron chi connectivity index (χ2n) is 6.46. The maximum absolute atomic E-state index is 4.78. The molecule has 0 saturated carbocycles. The summed E-state index contributed by atoms with van der Waals surface area (Å²) in [5.74, 6) is 0.822. The average molecular weight is 349 g/mol. The molecule has 0 atom stereocenters. The number of guanidine groups is 1. The summed E-state index contributed by atoms with van der Waals surface area (Å²) in [6.07, 6.45) is 0. The largest absolute Gasteiger partial charge is 0.357 e. The van der Waals surface area contributed by atoms with Crippen molar-refractivity contribution in [3.8, 4) is 0 Å². The van der Waals surface area contributed by atoms with E-state index in [0.29, 0.717) is 13.1 Å². The Kier molecular flexibility index (Phi) is 5.56. The van der Waals surface area contributed by atoms with Crippen LogP contribution in [-0.2, 0) is 20.1 Å². The van der Waals surface area contributed by atoms with Crippen LogP contribution in [-0.4, -0.2) is 22.3 Å². The van der Waals surface area contributed by atoms with E-state index in [2.05, 4.69) is 72.0 Å². The smallest absolute Gasteiger partial charge is 0.191 e. The van der Waals surface area contributed by atoms with Gasteiger partial charge in [-0.15, -0.1) is 0 Å². The van der Waals surface area contributed by atoms with Gasteiger partial charge in [-0.25, -0.2) is 4.99 Å². The van der Waals surface area contributed by atoms with Crippen molar-refractivity contribution in [1.82, 2.24) is 20.4 Å². The molecule has 2 aromatic carbocycles. The van der Waals surface area contributed by atoms with E-state index >= 15 is 0 Å². The molecule has 0 radical (unpaired) electrons. The number of nitrogens with zero attached hydrogens (tertiary/aromatic N) is 3. The predicted octanol–water partition coefficient (Wildman–Crippen LogP) is 3.45. The van der Waals surface area contributed by atoms with Crippen LogP contribution in [0.1, 0.15) is 29.4 Å². The minimum atomic E-state index is 0.641. The van der Waals surface area contributed by atoms with Gasteiger partial charge >= 0.3 is 0 Å². The van der Waals surface area contributed by atoms with Crippen molar-refractivity contribution in [2.45, 2.75) is 33.9 Å². The van der Waals surface area contributed by atoms with E-state index in [1.807, 2.05) is 18.7 Å². The van der Waals surface area contributed by atoms with Crippen molar-refractivity contribution in [3.63, 3.8) is 0 Å². The summed E-state index contributed by atoms with van der Waals surface area (Å²) < 4.78 is 1.92. The highest BCUT2D eigenvalue weighted by atomic mass is 15.3. The number of aryl methyl sites for hydroxylation is 2. The van der Waals surface area contributed by atoms with Gasteiger partial charge in [0, 0.05) is 31.4 Å². The van der Waals surface area contributed by atoms with Crippen molar-refractivity contribution in [1.29, 1.82) is 0 Å². The van der Waals surface area contributed by atoms with Gasteiger partial charge in [-0.05, 0) is 37.1 Å². The summed E-state index contributed by atoms with van der Waals surface area (Å²) in [5.41, 5.74) is 4.69. The van der Waals surface area contributed by atoms with Gasteiger partial charge in [0.2, 0.25) is 0 Å². The maximum Gasteiger partial charge on any atom is 0.191 e. The Morgan fingerprint density at radius 2 is 1.85 bits per heavy atom. The van der Waals surface area contributed by atoms with Crippen LogP contribution in [0.4, 0.5) is 0 Å². The van der Waals surface area contributed by atoms with Crippen molar-refractivity contribution < 1.29 is 0 Å². The zero-order chi connectivity index (χ0) is 18.5. The lowest BCUT2D eigenvalue weighted by Gasteiger charge is -2.12. The van der Waals surface area contributed by atoms with E-state index < -0.39 is 0 Å². The lowest BCUT2D eigenvalue weighted by atomic mass is 10.1. The average Bonchev–Trinajstić information content (AvgIpc) is 2.89. The van der Waals surface area contributed by atoms with E-state index in [9.17, 15) is 0 Å². The van der Waals surface area contributed by atoms with Crippen LogP contribution < -0.4 is 10.6 Å². The molecule has 0 spiro atoms. The predicted molar refractivity (Wildman–Crippen MR) is 108 cm³/mol. The molecule has 0 amide bonds. The zero-order valence-electron chi connectivity index (χ0n) is 16.0. The Bertz CT molecular complexity index is 918. The number of nitrogens with one attached hydrogen (secondary N) is 2. The fourth-order valence-corrected chi connectivity index (χ4v) is 3.18. The molecule has 3 aromatic rings. The van der Waals surface area contributed by atoms with Crippen LogP contribution >= 0.6 is 0 Å². The first-order chi connectivity index (χ1) is 12.6. The second-order valence-corrected chi connectivity index (χ2v) is 6.46. The molecule has 2 N–H and O–H groups in total. The Morgan fingerprint density at radius 1 is 1.08 bits per heavy atom. The van der Waals surface area contributed by atoms with Crippen LogP contribution in [0, 0.1) is 13.8 Å². The molecule has 26 heavy (non-hydrogen) atoms. The highest BCUT2D eigenvalue weighted by Gasteiger charge is 2.09.